The lowest BCUT2D eigenvalue weighted by Gasteiger charge is -2.25. The van der Waals surface area contributed by atoms with Crippen molar-refractivity contribution < 1.29 is 19.6 Å². The zero-order valence-electron chi connectivity index (χ0n) is 16.2. The minimum Gasteiger partial charge on any atom is -0.507 e. The molecule has 0 saturated carbocycles. The van der Waals surface area contributed by atoms with Gasteiger partial charge < -0.3 is 10.0 Å². The quantitative estimate of drug-likeness (QED) is 0.224. The van der Waals surface area contributed by atoms with Crippen molar-refractivity contribution >= 4 is 23.1 Å². The number of aliphatic hydroxyl groups is 1. The summed E-state index contributed by atoms with van der Waals surface area (Å²) in [6.07, 6.45) is 2.91. The Morgan fingerprint density at radius 1 is 1.03 bits per heavy atom. The maximum atomic E-state index is 13.0. The van der Waals surface area contributed by atoms with Crippen molar-refractivity contribution in [3.63, 3.8) is 0 Å². The van der Waals surface area contributed by atoms with Gasteiger partial charge in [-0.3, -0.25) is 24.7 Å². The number of carbonyl (C=O) groups is 2. The Labute approximate surface area is 177 Å². The highest BCUT2D eigenvalue weighted by Crippen LogP contribution is 2.40. The van der Waals surface area contributed by atoms with Gasteiger partial charge in [-0.25, -0.2) is 0 Å². The number of ketones is 1. The van der Waals surface area contributed by atoms with Gasteiger partial charge in [0.2, 0.25) is 0 Å². The fraction of sp³-hybridized carbons (Fsp3) is 0.0870. The highest BCUT2D eigenvalue weighted by Gasteiger charge is 2.46. The minimum absolute atomic E-state index is 0.103. The third-order valence-corrected chi connectivity index (χ3v) is 5.09. The van der Waals surface area contributed by atoms with Crippen molar-refractivity contribution in [3.05, 3.63) is 112 Å². The maximum absolute atomic E-state index is 13.0. The summed E-state index contributed by atoms with van der Waals surface area (Å²) < 4.78 is 0. The molecular weight excluding hydrogens is 398 g/mol. The molecule has 2 aromatic carbocycles. The van der Waals surface area contributed by atoms with Crippen LogP contribution in [0.25, 0.3) is 5.76 Å². The lowest BCUT2D eigenvalue weighted by Crippen LogP contribution is -2.29. The van der Waals surface area contributed by atoms with Gasteiger partial charge in [-0.05, 0) is 23.3 Å². The first-order valence-electron chi connectivity index (χ1n) is 9.44. The molecule has 1 N–H and O–H groups in total. The van der Waals surface area contributed by atoms with Crippen molar-refractivity contribution in [1.29, 1.82) is 0 Å². The second-order valence-electron chi connectivity index (χ2n) is 7.00. The number of carbonyl (C=O) groups excluding carboxylic acids is 2. The van der Waals surface area contributed by atoms with Crippen molar-refractivity contribution in [1.82, 2.24) is 9.88 Å². The normalized spacial score (nSPS) is 17.7. The lowest BCUT2D eigenvalue weighted by molar-refractivity contribution is -0.384. The summed E-state index contributed by atoms with van der Waals surface area (Å²) in [5, 5.41) is 22.2. The van der Waals surface area contributed by atoms with E-state index in [-0.39, 0.29) is 23.6 Å². The van der Waals surface area contributed by atoms with Crippen LogP contribution in [0, 0.1) is 10.1 Å². The number of benzene rings is 2. The Bertz CT molecular complexity index is 1190. The van der Waals surface area contributed by atoms with Crippen molar-refractivity contribution in [2.24, 2.45) is 0 Å². The molecule has 1 atom stereocenters. The Morgan fingerprint density at radius 3 is 2.42 bits per heavy atom. The minimum atomic E-state index is -0.978. The van der Waals surface area contributed by atoms with Gasteiger partial charge in [-0.15, -0.1) is 0 Å². The molecule has 0 radical (unpaired) electrons. The number of nitro benzene ring substituents is 1. The monoisotopic (exact) mass is 415 g/mol. The van der Waals surface area contributed by atoms with Crippen LogP contribution in [0.5, 0.6) is 0 Å². The fourth-order valence-corrected chi connectivity index (χ4v) is 3.64. The van der Waals surface area contributed by atoms with Crippen LogP contribution in [0.4, 0.5) is 5.69 Å². The standard InChI is InChI=1S/C23H17N3O5/c27-21(16-9-11-24-12-10-16)19-20(17-7-4-8-18(13-17)26(30)31)25(23(29)22(19)28)14-15-5-2-1-3-6-15/h1-13,20,27H,14H2. The summed E-state index contributed by atoms with van der Waals surface area (Å²) in [6, 6.07) is 16.9. The van der Waals surface area contributed by atoms with Crippen LogP contribution in [0.15, 0.2) is 84.7 Å². The molecule has 1 aliphatic rings. The van der Waals surface area contributed by atoms with Crippen LogP contribution in [-0.4, -0.2) is 31.6 Å². The van der Waals surface area contributed by atoms with E-state index in [1.165, 1.54) is 47.6 Å². The number of hydrogen-bond acceptors (Lipinski definition) is 6. The number of aromatic nitrogens is 1. The number of Topliss-reactive ketones (excluding diaryl/α,β-unsaturated/α-hetero) is 1. The lowest BCUT2D eigenvalue weighted by atomic mass is 9.95. The van der Waals surface area contributed by atoms with Crippen LogP contribution in [0.3, 0.4) is 0 Å². The largest absolute Gasteiger partial charge is 0.507 e. The summed E-state index contributed by atoms with van der Waals surface area (Å²) in [7, 11) is 0. The number of amides is 1. The summed E-state index contributed by atoms with van der Waals surface area (Å²) in [6.45, 7) is 0.103. The Balaban J connectivity index is 1.89. The van der Waals surface area contributed by atoms with Gasteiger partial charge in [0, 0.05) is 36.6 Å². The topological polar surface area (TPSA) is 114 Å². The average Bonchev–Trinajstić information content (AvgIpc) is 3.05. The predicted molar refractivity (Wildman–Crippen MR) is 112 cm³/mol. The first kappa shape index (κ1) is 20.0. The Kier molecular flexibility index (Phi) is 5.28. The van der Waals surface area contributed by atoms with Crippen LogP contribution in [-0.2, 0) is 16.1 Å². The highest BCUT2D eigenvalue weighted by molar-refractivity contribution is 6.46. The van der Waals surface area contributed by atoms with Crippen LogP contribution in [0.2, 0.25) is 0 Å². The molecule has 154 valence electrons. The van der Waals surface area contributed by atoms with E-state index in [2.05, 4.69) is 4.98 Å². The van der Waals surface area contributed by atoms with Gasteiger partial charge in [0.1, 0.15) is 5.76 Å². The molecule has 0 aliphatic carbocycles. The SMILES string of the molecule is O=C1C(=O)N(Cc2ccccc2)C(c2cccc([N+](=O)[O-])c2)C1=C(O)c1ccncc1. The van der Waals surface area contributed by atoms with Gasteiger partial charge in [0.05, 0.1) is 16.5 Å². The summed E-state index contributed by atoms with van der Waals surface area (Å²) in [4.78, 5) is 41.9. The van der Waals surface area contributed by atoms with Crippen molar-refractivity contribution in [2.75, 3.05) is 0 Å². The molecule has 1 aliphatic heterocycles. The zero-order chi connectivity index (χ0) is 22.0. The number of rotatable bonds is 5. The van der Waals surface area contributed by atoms with Gasteiger partial charge in [-0.1, -0.05) is 42.5 Å². The first-order valence-corrected chi connectivity index (χ1v) is 9.44. The number of nitrogens with zero attached hydrogens (tertiary/aromatic N) is 3. The third-order valence-electron chi connectivity index (χ3n) is 5.09. The highest BCUT2D eigenvalue weighted by atomic mass is 16.6. The first-order chi connectivity index (χ1) is 15.0. The molecule has 8 nitrogen and oxygen atoms in total. The number of hydrogen-bond donors (Lipinski definition) is 1. The third kappa shape index (κ3) is 3.78. The number of nitro groups is 1. The summed E-state index contributed by atoms with van der Waals surface area (Å²) in [5.74, 6) is -1.98. The number of non-ortho nitro benzene ring substituents is 1. The van der Waals surface area contributed by atoms with E-state index in [9.17, 15) is 24.8 Å². The smallest absolute Gasteiger partial charge is 0.295 e. The van der Waals surface area contributed by atoms with Crippen LogP contribution in [0.1, 0.15) is 22.7 Å². The van der Waals surface area contributed by atoms with E-state index < -0.39 is 22.7 Å². The molecule has 31 heavy (non-hydrogen) atoms. The zero-order valence-corrected chi connectivity index (χ0v) is 16.2. The Morgan fingerprint density at radius 2 is 1.74 bits per heavy atom. The predicted octanol–water partition coefficient (Wildman–Crippen LogP) is 3.61. The van der Waals surface area contributed by atoms with E-state index >= 15 is 0 Å². The van der Waals surface area contributed by atoms with Crippen LogP contribution < -0.4 is 0 Å². The second-order valence-corrected chi connectivity index (χ2v) is 7.00. The molecule has 0 bridgehead atoms. The van der Waals surface area contributed by atoms with Crippen LogP contribution >= 0.6 is 0 Å². The van der Waals surface area contributed by atoms with Gasteiger partial charge in [0.15, 0.2) is 0 Å². The molecule has 4 rings (SSSR count). The van der Waals surface area contributed by atoms with E-state index in [1.807, 2.05) is 30.3 Å². The van der Waals surface area contributed by atoms with E-state index in [0.717, 1.165) is 5.56 Å². The fourth-order valence-electron chi connectivity index (χ4n) is 3.64. The van der Waals surface area contributed by atoms with E-state index in [0.29, 0.717) is 11.1 Å². The average molecular weight is 415 g/mol. The van der Waals surface area contributed by atoms with E-state index in [1.54, 1.807) is 6.07 Å². The summed E-state index contributed by atoms with van der Waals surface area (Å²) in [5.41, 5.74) is 1.17. The molecule has 2 heterocycles. The molecule has 1 aromatic heterocycles. The van der Waals surface area contributed by atoms with Crippen molar-refractivity contribution in [2.45, 2.75) is 12.6 Å². The molecule has 1 unspecified atom stereocenters. The number of likely N-dealkylation sites (tertiary alicyclic amines) is 1. The summed E-state index contributed by atoms with van der Waals surface area (Å²) >= 11 is 0. The number of aliphatic hydroxyl groups excluding tert-OH is 1. The maximum Gasteiger partial charge on any atom is 0.295 e. The molecule has 3 aromatic rings. The van der Waals surface area contributed by atoms with Gasteiger partial charge >= 0.3 is 0 Å². The van der Waals surface area contributed by atoms with Crippen molar-refractivity contribution in [3.8, 4) is 0 Å². The van der Waals surface area contributed by atoms with E-state index in [4.69, 9.17) is 0 Å². The van der Waals surface area contributed by atoms with Gasteiger partial charge in [0.25, 0.3) is 17.4 Å². The molecule has 0 spiro atoms. The van der Waals surface area contributed by atoms with Gasteiger partial charge in [-0.2, -0.15) is 0 Å². The Hall–Kier alpha value is -4.33. The molecule has 1 fully saturated rings. The molecular formula is C23H17N3O5. The molecule has 1 amide bonds. The molecule has 1 saturated heterocycles. The second kappa shape index (κ2) is 8.19. The number of pyridine rings is 1. The molecule has 8 heteroatoms.